The van der Waals surface area contributed by atoms with Crippen LogP contribution in [0, 0.1) is 0 Å². The Labute approximate surface area is 324 Å². The smallest absolute Gasteiger partial charge is 0.000740 e. The van der Waals surface area contributed by atoms with Gasteiger partial charge in [0.15, 0.2) is 0 Å². The quantitative estimate of drug-likeness (QED) is 0.126. The van der Waals surface area contributed by atoms with Gasteiger partial charge in [0.25, 0.3) is 0 Å². The molecule has 0 N–H and O–H groups in total. The van der Waals surface area contributed by atoms with Crippen molar-refractivity contribution >= 4 is 75.4 Å². The summed E-state index contributed by atoms with van der Waals surface area (Å²) >= 11 is 0. The van der Waals surface area contributed by atoms with Crippen LogP contribution in [-0.2, 0) is 0 Å². The van der Waals surface area contributed by atoms with Gasteiger partial charge in [-0.15, -0.1) is 0 Å². The minimum atomic E-state index is 1.23. The molecule has 0 radical (unpaired) electrons. The Kier molecular flexibility index (Phi) is 6.73. The van der Waals surface area contributed by atoms with Crippen LogP contribution in [0.2, 0.25) is 0 Å². The van der Waals surface area contributed by atoms with Gasteiger partial charge in [0.05, 0.1) is 0 Å². The first-order chi connectivity index (χ1) is 27.8. The van der Waals surface area contributed by atoms with Crippen LogP contribution in [0.5, 0.6) is 0 Å². The topological polar surface area (TPSA) is 0 Å². The molecule has 56 heavy (non-hydrogen) atoms. The van der Waals surface area contributed by atoms with E-state index in [0.717, 1.165) is 0 Å². The summed E-state index contributed by atoms with van der Waals surface area (Å²) in [6.07, 6.45) is 0. The van der Waals surface area contributed by atoms with E-state index in [4.69, 9.17) is 0 Å². The van der Waals surface area contributed by atoms with Crippen LogP contribution in [0.1, 0.15) is 0 Å². The molecule has 0 aliphatic carbocycles. The predicted octanol–water partition coefficient (Wildman–Crippen LogP) is 15.9. The van der Waals surface area contributed by atoms with Gasteiger partial charge in [0.2, 0.25) is 0 Å². The Balaban J connectivity index is 1.24. The van der Waals surface area contributed by atoms with E-state index in [1.54, 1.807) is 0 Å². The third kappa shape index (κ3) is 4.36. The first-order valence-corrected chi connectivity index (χ1v) is 19.5. The summed E-state index contributed by atoms with van der Waals surface area (Å²) < 4.78 is 0. The van der Waals surface area contributed by atoms with Gasteiger partial charge in [-0.2, -0.15) is 0 Å². The number of hydrogen-bond donors (Lipinski definition) is 0. The Hall–Kier alpha value is -7.28. The van der Waals surface area contributed by atoms with Crippen LogP contribution in [0.3, 0.4) is 0 Å². The molecular formula is C56H34. The van der Waals surface area contributed by atoms with E-state index >= 15 is 0 Å². The molecule has 0 amide bonds. The van der Waals surface area contributed by atoms with Crippen LogP contribution in [0.4, 0.5) is 0 Å². The summed E-state index contributed by atoms with van der Waals surface area (Å²) in [6.45, 7) is 0. The molecule has 258 valence electrons. The second kappa shape index (κ2) is 12.1. The minimum absolute atomic E-state index is 1.23. The molecule has 0 nitrogen and oxygen atoms in total. The fourth-order valence-electron chi connectivity index (χ4n) is 9.97. The summed E-state index contributed by atoms with van der Waals surface area (Å²) in [5.41, 5.74) is 10.1. The van der Waals surface area contributed by atoms with Crippen molar-refractivity contribution in [1.29, 1.82) is 0 Å². The summed E-state index contributed by atoms with van der Waals surface area (Å²) in [4.78, 5) is 0. The molecule has 0 aliphatic heterocycles. The van der Waals surface area contributed by atoms with Crippen LogP contribution in [0.25, 0.3) is 120 Å². The van der Waals surface area contributed by atoms with Crippen molar-refractivity contribution in [2.75, 3.05) is 0 Å². The zero-order valence-electron chi connectivity index (χ0n) is 30.6. The SMILES string of the molecule is c1ccc(-c2ccccc2-c2ccc(-c3c4ccccc4c4c5c3cccc5c3cccc5c(-c6ccccc6)c6ccccc6c4c53)c3ccccc23)cc1. The minimum Gasteiger partial charge on any atom is -0.0622 e. The van der Waals surface area contributed by atoms with Gasteiger partial charge in [-0.25, -0.2) is 0 Å². The molecule has 0 unspecified atom stereocenters. The van der Waals surface area contributed by atoms with Gasteiger partial charge < -0.3 is 0 Å². The highest BCUT2D eigenvalue weighted by Gasteiger charge is 2.24. The number of hydrogen-bond acceptors (Lipinski definition) is 0. The number of benzene rings is 12. The van der Waals surface area contributed by atoms with Gasteiger partial charge in [0.1, 0.15) is 0 Å². The molecule has 0 heterocycles. The molecule has 0 heteroatoms. The van der Waals surface area contributed by atoms with Crippen LogP contribution < -0.4 is 0 Å². The summed E-state index contributed by atoms with van der Waals surface area (Å²) in [5, 5.41) is 18.2. The van der Waals surface area contributed by atoms with Gasteiger partial charge in [-0.05, 0) is 120 Å². The first-order valence-electron chi connectivity index (χ1n) is 19.5. The molecule has 12 aromatic carbocycles. The average Bonchev–Trinajstić information content (AvgIpc) is 3.27. The van der Waals surface area contributed by atoms with Crippen molar-refractivity contribution < 1.29 is 0 Å². The first kappa shape index (κ1) is 31.1. The van der Waals surface area contributed by atoms with Crippen molar-refractivity contribution in [3.8, 4) is 44.5 Å². The van der Waals surface area contributed by atoms with Crippen molar-refractivity contribution in [2.24, 2.45) is 0 Å². The van der Waals surface area contributed by atoms with E-state index in [-0.39, 0.29) is 0 Å². The molecule has 0 spiro atoms. The van der Waals surface area contributed by atoms with Gasteiger partial charge >= 0.3 is 0 Å². The van der Waals surface area contributed by atoms with E-state index in [1.165, 1.54) is 120 Å². The molecule has 0 atom stereocenters. The van der Waals surface area contributed by atoms with Gasteiger partial charge in [-0.1, -0.05) is 206 Å². The second-order valence-corrected chi connectivity index (χ2v) is 15.0. The highest BCUT2D eigenvalue weighted by atomic mass is 14.3. The lowest BCUT2D eigenvalue weighted by Crippen LogP contribution is -1.95. The predicted molar refractivity (Wildman–Crippen MR) is 242 cm³/mol. The van der Waals surface area contributed by atoms with Crippen molar-refractivity contribution in [1.82, 2.24) is 0 Å². The Morgan fingerprint density at radius 2 is 0.536 bits per heavy atom. The van der Waals surface area contributed by atoms with Crippen LogP contribution in [0.15, 0.2) is 206 Å². The lowest BCUT2D eigenvalue weighted by atomic mass is 9.79. The molecule has 0 fully saturated rings. The fraction of sp³-hybridized carbons (Fsp3) is 0. The average molecular weight is 707 g/mol. The molecule has 0 bridgehead atoms. The maximum atomic E-state index is 2.38. The third-order valence-electron chi connectivity index (χ3n) is 12.2. The van der Waals surface area contributed by atoms with Crippen LogP contribution in [-0.4, -0.2) is 0 Å². The lowest BCUT2D eigenvalue weighted by molar-refractivity contribution is 1.60. The standard InChI is InChI=1S/C56H34/c1-3-17-35(18-4-1)37-21-7-8-22-38(37)41-33-34-48(40-24-10-9-23-39(40)41)52-43-26-12-14-28-47(43)56-54-45(30-16-32-50(52)54)44-29-15-31-49-51(36-19-5-2-6-20-36)42-25-11-13-27-46(42)55(56)53(44)49/h1-34H. The maximum Gasteiger partial charge on any atom is -0.000740 e. The summed E-state index contributed by atoms with van der Waals surface area (Å²) in [6, 6.07) is 76.4. The van der Waals surface area contributed by atoms with E-state index in [2.05, 4.69) is 206 Å². The molecule has 12 rings (SSSR count). The van der Waals surface area contributed by atoms with E-state index in [0.29, 0.717) is 0 Å². The summed E-state index contributed by atoms with van der Waals surface area (Å²) in [7, 11) is 0. The molecule has 0 aromatic heterocycles. The van der Waals surface area contributed by atoms with Crippen molar-refractivity contribution in [2.45, 2.75) is 0 Å². The van der Waals surface area contributed by atoms with Crippen LogP contribution >= 0.6 is 0 Å². The lowest BCUT2D eigenvalue weighted by Gasteiger charge is -2.23. The number of fused-ring (bicyclic) bond motifs is 7. The molecule has 0 saturated carbocycles. The zero-order chi connectivity index (χ0) is 36.7. The zero-order valence-corrected chi connectivity index (χ0v) is 30.6. The largest absolute Gasteiger partial charge is 0.0622 e. The fourth-order valence-corrected chi connectivity index (χ4v) is 9.97. The molecule has 0 aliphatic rings. The Morgan fingerprint density at radius 3 is 1.14 bits per heavy atom. The van der Waals surface area contributed by atoms with E-state index in [9.17, 15) is 0 Å². The molecule has 12 aromatic rings. The number of rotatable bonds is 4. The third-order valence-corrected chi connectivity index (χ3v) is 12.2. The normalized spacial score (nSPS) is 11.9. The van der Waals surface area contributed by atoms with Gasteiger partial charge in [0, 0.05) is 0 Å². The summed E-state index contributed by atoms with van der Waals surface area (Å²) in [5.74, 6) is 0. The second-order valence-electron chi connectivity index (χ2n) is 15.0. The van der Waals surface area contributed by atoms with Gasteiger partial charge in [-0.3, -0.25) is 0 Å². The maximum absolute atomic E-state index is 2.38. The molecular weight excluding hydrogens is 673 g/mol. The van der Waals surface area contributed by atoms with Crippen molar-refractivity contribution in [3.05, 3.63) is 206 Å². The molecule has 0 saturated heterocycles. The highest BCUT2D eigenvalue weighted by Crippen LogP contribution is 2.52. The highest BCUT2D eigenvalue weighted by molar-refractivity contribution is 6.45. The Morgan fingerprint density at radius 1 is 0.161 bits per heavy atom. The Bertz CT molecular complexity index is 3500. The van der Waals surface area contributed by atoms with Crippen molar-refractivity contribution in [3.63, 3.8) is 0 Å². The monoisotopic (exact) mass is 706 g/mol. The van der Waals surface area contributed by atoms with E-state index in [1.807, 2.05) is 0 Å². The van der Waals surface area contributed by atoms with E-state index < -0.39 is 0 Å².